The molecule has 0 radical (unpaired) electrons. The van der Waals surface area contributed by atoms with Crippen molar-refractivity contribution < 1.29 is 19.2 Å². The molecule has 0 atom stereocenters. The van der Waals surface area contributed by atoms with Crippen LogP contribution in [0.25, 0.3) is 6.08 Å². The topological polar surface area (TPSA) is 91.0 Å². The van der Waals surface area contributed by atoms with E-state index in [1.807, 2.05) is 0 Å². The Balaban J connectivity index is 1.93. The molecule has 7 nitrogen and oxygen atoms in total. The normalized spacial score (nSPS) is 15.0. The Labute approximate surface area is 147 Å². The second kappa shape index (κ2) is 6.74. The number of nitrogens with zero attached hydrogens (tertiary/aromatic N) is 2. The molecule has 0 aliphatic carbocycles. The smallest absolute Gasteiger partial charge is 0.363 e. The van der Waals surface area contributed by atoms with Crippen LogP contribution in [0.15, 0.2) is 53.2 Å². The Morgan fingerprint density at radius 2 is 1.96 bits per heavy atom. The summed E-state index contributed by atoms with van der Waals surface area (Å²) in [6.07, 6.45) is 1.55. The fourth-order valence-electron chi connectivity index (χ4n) is 2.18. The Bertz CT molecular complexity index is 919. The van der Waals surface area contributed by atoms with Gasteiger partial charge in [0.15, 0.2) is 5.70 Å². The molecule has 1 heterocycles. The Kier molecular flexibility index (Phi) is 4.49. The minimum Gasteiger partial charge on any atom is -0.497 e. The Hall–Kier alpha value is -3.19. The number of rotatable bonds is 4. The zero-order chi connectivity index (χ0) is 18.0. The van der Waals surface area contributed by atoms with E-state index in [4.69, 9.17) is 21.1 Å². The van der Waals surface area contributed by atoms with Crippen LogP contribution in [-0.4, -0.2) is 23.9 Å². The maximum absolute atomic E-state index is 12.0. The summed E-state index contributed by atoms with van der Waals surface area (Å²) < 4.78 is 10.2. The van der Waals surface area contributed by atoms with E-state index >= 15 is 0 Å². The number of hydrogen-bond acceptors (Lipinski definition) is 6. The van der Waals surface area contributed by atoms with Gasteiger partial charge in [0, 0.05) is 11.6 Å². The monoisotopic (exact) mass is 358 g/mol. The first-order valence-electron chi connectivity index (χ1n) is 7.09. The van der Waals surface area contributed by atoms with E-state index in [1.165, 1.54) is 18.2 Å². The molecule has 2 aromatic carbocycles. The summed E-state index contributed by atoms with van der Waals surface area (Å²) in [4.78, 5) is 26.4. The molecule has 0 amide bonds. The van der Waals surface area contributed by atoms with Crippen LogP contribution in [0.3, 0.4) is 0 Å². The van der Waals surface area contributed by atoms with Crippen molar-refractivity contribution in [3.8, 4) is 5.75 Å². The zero-order valence-electron chi connectivity index (χ0n) is 12.9. The van der Waals surface area contributed by atoms with Gasteiger partial charge in [0.1, 0.15) is 10.8 Å². The number of nitro benzene ring substituents is 1. The van der Waals surface area contributed by atoms with Gasteiger partial charge in [-0.3, -0.25) is 10.1 Å². The van der Waals surface area contributed by atoms with Crippen LogP contribution in [0, 0.1) is 10.1 Å². The number of hydrogen-bond donors (Lipinski definition) is 0. The molecule has 126 valence electrons. The number of aliphatic imine (C=N–C) groups is 1. The van der Waals surface area contributed by atoms with Crippen molar-refractivity contribution in [1.29, 1.82) is 0 Å². The van der Waals surface area contributed by atoms with Crippen LogP contribution in [0.1, 0.15) is 11.1 Å². The van der Waals surface area contributed by atoms with Gasteiger partial charge >= 0.3 is 5.97 Å². The van der Waals surface area contributed by atoms with Gasteiger partial charge in [0.25, 0.3) is 5.69 Å². The van der Waals surface area contributed by atoms with Crippen molar-refractivity contribution in [2.75, 3.05) is 7.11 Å². The molecule has 2 aromatic rings. The van der Waals surface area contributed by atoms with Crippen molar-refractivity contribution in [2.24, 2.45) is 4.99 Å². The van der Waals surface area contributed by atoms with E-state index in [0.29, 0.717) is 11.3 Å². The van der Waals surface area contributed by atoms with Gasteiger partial charge in [-0.25, -0.2) is 9.79 Å². The van der Waals surface area contributed by atoms with E-state index in [1.54, 1.807) is 37.5 Å². The number of carbonyl (C=O) groups is 1. The highest BCUT2D eigenvalue weighted by Gasteiger charge is 2.26. The number of benzene rings is 2. The maximum Gasteiger partial charge on any atom is 0.363 e. The molecule has 25 heavy (non-hydrogen) atoms. The quantitative estimate of drug-likeness (QED) is 0.360. The van der Waals surface area contributed by atoms with Crippen LogP contribution in [0.5, 0.6) is 5.75 Å². The third-order valence-corrected chi connectivity index (χ3v) is 3.75. The zero-order valence-corrected chi connectivity index (χ0v) is 13.7. The summed E-state index contributed by atoms with van der Waals surface area (Å²) in [7, 11) is 1.56. The van der Waals surface area contributed by atoms with E-state index in [0.717, 1.165) is 5.56 Å². The first-order valence-corrected chi connectivity index (χ1v) is 7.46. The number of halogens is 1. The highest BCUT2D eigenvalue weighted by Crippen LogP contribution is 2.27. The molecule has 0 aromatic heterocycles. The van der Waals surface area contributed by atoms with E-state index in [-0.39, 0.29) is 22.3 Å². The number of nitro groups is 1. The number of methoxy groups -OCH3 is 1. The molecule has 0 bridgehead atoms. The summed E-state index contributed by atoms with van der Waals surface area (Å²) in [6.45, 7) is 0. The number of carbonyl (C=O) groups excluding carboxylic acids is 1. The number of cyclic esters (lactones) is 1. The van der Waals surface area contributed by atoms with Crippen LogP contribution in [0.2, 0.25) is 5.02 Å². The van der Waals surface area contributed by atoms with Gasteiger partial charge in [0.2, 0.25) is 5.90 Å². The predicted molar refractivity (Wildman–Crippen MR) is 91.7 cm³/mol. The first-order chi connectivity index (χ1) is 12.0. The highest BCUT2D eigenvalue weighted by atomic mass is 35.5. The molecule has 1 aliphatic rings. The van der Waals surface area contributed by atoms with Crippen LogP contribution >= 0.6 is 11.6 Å². The van der Waals surface area contributed by atoms with Gasteiger partial charge in [-0.05, 0) is 35.9 Å². The summed E-state index contributed by atoms with van der Waals surface area (Å²) in [5.74, 6) is 0.0433. The van der Waals surface area contributed by atoms with Crippen LogP contribution in [-0.2, 0) is 9.53 Å². The van der Waals surface area contributed by atoms with Gasteiger partial charge < -0.3 is 9.47 Å². The first kappa shape index (κ1) is 16.7. The van der Waals surface area contributed by atoms with E-state index in [2.05, 4.69) is 4.99 Å². The summed E-state index contributed by atoms with van der Waals surface area (Å²) in [6, 6.07) is 11.1. The molecule has 0 spiro atoms. The predicted octanol–water partition coefficient (Wildman–Crippen LogP) is 3.60. The Morgan fingerprint density at radius 3 is 2.60 bits per heavy atom. The summed E-state index contributed by atoms with van der Waals surface area (Å²) in [5, 5.41) is 11.0. The minimum atomic E-state index is -0.636. The molecule has 1 aliphatic heterocycles. The molecule has 0 fully saturated rings. The van der Waals surface area contributed by atoms with Gasteiger partial charge in [-0.15, -0.1) is 0 Å². The van der Waals surface area contributed by atoms with Crippen molar-refractivity contribution in [1.82, 2.24) is 0 Å². The number of esters is 1. The van der Waals surface area contributed by atoms with Crippen molar-refractivity contribution in [3.63, 3.8) is 0 Å². The molecule has 0 saturated heterocycles. The molecule has 0 unspecified atom stereocenters. The third kappa shape index (κ3) is 3.51. The molecule has 0 N–H and O–H groups in total. The lowest BCUT2D eigenvalue weighted by atomic mass is 10.2. The number of ether oxygens (including phenoxy) is 2. The van der Waals surface area contributed by atoms with Gasteiger partial charge in [0.05, 0.1) is 12.0 Å². The second-order valence-corrected chi connectivity index (χ2v) is 5.44. The van der Waals surface area contributed by atoms with Gasteiger partial charge in [-0.2, -0.15) is 0 Å². The van der Waals surface area contributed by atoms with Crippen LogP contribution in [0.4, 0.5) is 5.69 Å². The fourth-order valence-corrected chi connectivity index (χ4v) is 2.36. The molecule has 8 heteroatoms. The lowest BCUT2D eigenvalue weighted by Gasteiger charge is -2.00. The maximum atomic E-state index is 12.0. The third-order valence-electron chi connectivity index (χ3n) is 3.43. The molecular weight excluding hydrogens is 348 g/mol. The standard InChI is InChI=1S/C17H11ClN2O5/c1-24-12-5-2-10(3-6-12)8-14-17(21)25-16(19-14)11-4-7-13(18)15(9-11)20(22)23/h2-9H,1H3/b14-8+. The largest absolute Gasteiger partial charge is 0.497 e. The average Bonchev–Trinajstić information content (AvgIpc) is 2.96. The average molecular weight is 359 g/mol. The SMILES string of the molecule is COc1ccc(/C=C2/N=C(c3ccc(Cl)c([N+](=O)[O-])c3)OC2=O)cc1. The summed E-state index contributed by atoms with van der Waals surface area (Å²) in [5.41, 5.74) is 0.839. The second-order valence-electron chi connectivity index (χ2n) is 5.03. The van der Waals surface area contributed by atoms with Crippen molar-refractivity contribution >= 4 is 35.2 Å². The lowest BCUT2D eigenvalue weighted by Crippen LogP contribution is -2.06. The molecular formula is C17H11ClN2O5. The summed E-state index contributed by atoms with van der Waals surface area (Å²) >= 11 is 5.78. The van der Waals surface area contributed by atoms with Crippen LogP contribution < -0.4 is 4.74 Å². The Morgan fingerprint density at radius 1 is 1.24 bits per heavy atom. The van der Waals surface area contributed by atoms with Crippen molar-refractivity contribution in [3.05, 3.63) is 74.4 Å². The van der Waals surface area contributed by atoms with Crippen molar-refractivity contribution in [2.45, 2.75) is 0 Å². The minimum absolute atomic E-state index is 0.00679. The molecule has 0 saturated carbocycles. The highest BCUT2D eigenvalue weighted by molar-refractivity contribution is 6.32. The van der Waals surface area contributed by atoms with Gasteiger partial charge in [-0.1, -0.05) is 23.7 Å². The molecule has 3 rings (SSSR count). The fraction of sp³-hybridized carbons (Fsp3) is 0.0588. The lowest BCUT2D eigenvalue weighted by molar-refractivity contribution is -0.384. The van der Waals surface area contributed by atoms with E-state index in [9.17, 15) is 14.9 Å². The van der Waals surface area contributed by atoms with E-state index < -0.39 is 10.9 Å².